The van der Waals surface area contributed by atoms with Gasteiger partial charge in [0.2, 0.25) is 0 Å². The molecule has 0 aliphatic rings. The molecule has 0 aliphatic heterocycles. The Bertz CT molecular complexity index is 1050. The summed E-state index contributed by atoms with van der Waals surface area (Å²) in [5.74, 6) is -2.34. The van der Waals surface area contributed by atoms with Gasteiger partial charge < -0.3 is 15.4 Å². The average Bonchev–Trinajstić information content (AvgIpc) is 2.76. The van der Waals surface area contributed by atoms with Crippen LogP contribution in [-0.4, -0.2) is 18.4 Å². The molecule has 31 heavy (non-hydrogen) atoms. The van der Waals surface area contributed by atoms with Crippen LogP contribution in [0.15, 0.2) is 78.4 Å². The maximum Gasteiger partial charge on any atom is 0.261 e. The molecule has 0 aliphatic carbocycles. The molecule has 2 amide bonds. The fourth-order valence-corrected chi connectivity index (χ4v) is 2.73. The van der Waals surface area contributed by atoms with Crippen LogP contribution in [-0.2, 0) is 9.59 Å². The summed E-state index contributed by atoms with van der Waals surface area (Å²) >= 11 is 0. The summed E-state index contributed by atoms with van der Waals surface area (Å²) < 4.78 is 33.3. The predicted octanol–water partition coefficient (Wildman–Crippen LogP) is 5.02. The van der Waals surface area contributed by atoms with Gasteiger partial charge in [-0.2, -0.15) is 0 Å². The van der Waals surface area contributed by atoms with Crippen molar-refractivity contribution >= 4 is 29.3 Å². The van der Waals surface area contributed by atoms with Gasteiger partial charge in [0.25, 0.3) is 11.8 Å². The lowest BCUT2D eigenvalue weighted by molar-refractivity contribution is -0.118. The first-order valence-electron chi connectivity index (χ1n) is 9.54. The number of halogens is 2. The van der Waals surface area contributed by atoms with Gasteiger partial charge in [-0.25, -0.2) is 8.78 Å². The Labute approximate surface area is 178 Å². The number of amides is 2. The lowest BCUT2D eigenvalue weighted by atomic mass is 10.1. The number of benzene rings is 3. The van der Waals surface area contributed by atoms with E-state index in [2.05, 4.69) is 10.6 Å². The van der Waals surface area contributed by atoms with Gasteiger partial charge in [0.05, 0.1) is 18.0 Å². The predicted molar refractivity (Wildman–Crippen MR) is 116 cm³/mol. The SMILES string of the molecule is CCOc1ccc(C=C(C(=O)Nc2ccccc2F)C(=O)Nc2ccccc2F)cc1. The molecule has 0 unspecified atom stereocenters. The molecule has 7 heteroatoms. The molecule has 3 aromatic carbocycles. The topological polar surface area (TPSA) is 67.4 Å². The van der Waals surface area contributed by atoms with Crippen LogP contribution in [0.25, 0.3) is 6.08 Å². The summed E-state index contributed by atoms with van der Waals surface area (Å²) in [6, 6.07) is 17.9. The molecule has 0 saturated carbocycles. The molecule has 0 aromatic heterocycles. The summed E-state index contributed by atoms with van der Waals surface area (Å²) in [6.45, 7) is 2.35. The van der Waals surface area contributed by atoms with Crippen molar-refractivity contribution in [3.05, 3.63) is 95.6 Å². The van der Waals surface area contributed by atoms with E-state index in [1.807, 2.05) is 6.92 Å². The van der Waals surface area contributed by atoms with Crippen LogP contribution in [0, 0.1) is 11.6 Å². The highest BCUT2D eigenvalue weighted by atomic mass is 19.1. The standard InChI is InChI=1S/C24H20F2N2O3/c1-2-31-17-13-11-16(12-14-17)15-18(23(29)27-21-9-5-3-7-19(21)25)24(30)28-22-10-6-4-8-20(22)26/h3-15H,2H2,1H3,(H,27,29)(H,28,30). The molecule has 158 valence electrons. The molecular weight excluding hydrogens is 402 g/mol. The Morgan fingerprint density at radius 1 is 0.806 bits per heavy atom. The first-order valence-corrected chi connectivity index (χ1v) is 9.54. The smallest absolute Gasteiger partial charge is 0.261 e. The van der Waals surface area contributed by atoms with Crippen molar-refractivity contribution in [2.45, 2.75) is 6.92 Å². The van der Waals surface area contributed by atoms with E-state index in [1.165, 1.54) is 42.5 Å². The fraction of sp³-hybridized carbons (Fsp3) is 0.0833. The lowest BCUT2D eigenvalue weighted by Gasteiger charge is -2.11. The minimum absolute atomic E-state index is 0.0798. The van der Waals surface area contributed by atoms with Crippen molar-refractivity contribution in [1.29, 1.82) is 0 Å². The van der Waals surface area contributed by atoms with Crippen molar-refractivity contribution in [3.63, 3.8) is 0 Å². The summed E-state index contributed by atoms with van der Waals surface area (Å²) in [7, 11) is 0. The highest BCUT2D eigenvalue weighted by Gasteiger charge is 2.21. The summed E-state index contributed by atoms with van der Waals surface area (Å²) in [6.07, 6.45) is 1.34. The maximum absolute atomic E-state index is 14.0. The zero-order valence-electron chi connectivity index (χ0n) is 16.7. The number of para-hydroxylation sites is 2. The summed E-state index contributed by atoms with van der Waals surface area (Å²) in [5.41, 5.74) is 0.0501. The molecule has 0 saturated heterocycles. The largest absolute Gasteiger partial charge is 0.494 e. The zero-order chi connectivity index (χ0) is 22.2. The Morgan fingerprint density at radius 2 is 1.29 bits per heavy atom. The molecule has 0 spiro atoms. The highest BCUT2D eigenvalue weighted by Crippen LogP contribution is 2.19. The molecule has 3 rings (SSSR count). The van der Waals surface area contributed by atoms with Crippen LogP contribution < -0.4 is 15.4 Å². The Kier molecular flexibility index (Phi) is 7.11. The van der Waals surface area contributed by atoms with Gasteiger partial charge in [0.15, 0.2) is 0 Å². The fourth-order valence-electron chi connectivity index (χ4n) is 2.73. The monoisotopic (exact) mass is 422 g/mol. The number of hydrogen-bond acceptors (Lipinski definition) is 3. The quantitative estimate of drug-likeness (QED) is 0.319. The molecular formula is C24H20F2N2O3. The van der Waals surface area contributed by atoms with Crippen LogP contribution in [0.2, 0.25) is 0 Å². The van der Waals surface area contributed by atoms with E-state index in [4.69, 9.17) is 4.74 Å². The molecule has 2 N–H and O–H groups in total. The van der Waals surface area contributed by atoms with E-state index in [0.29, 0.717) is 17.9 Å². The van der Waals surface area contributed by atoms with Crippen molar-refractivity contribution < 1.29 is 23.1 Å². The molecule has 5 nitrogen and oxygen atoms in total. The van der Waals surface area contributed by atoms with Crippen LogP contribution in [0.3, 0.4) is 0 Å². The maximum atomic E-state index is 14.0. The highest BCUT2D eigenvalue weighted by molar-refractivity contribution is 6.28. The first kappa shape index (κ1) is 21.7. The van der Waals surface area contributed by atoms with E-state index in [-0.39, 0.29) is 16.9 Å². The Balaban J connectivity index is 1.92. The molecule has 0 heterocycles. The van der Waals surface area contributed by atoms with Gasteiger partial charge in [-0.15, -0.1) is 0 Å². The molecule has 0 atom stereocenters. The second kappa shape index (κ2) is 10.2. The van der Waals surface area contributed by atoms with Gasteiger partial charge >= 0.3 is 0 Å². The minimum Gasteiger partial charge on any atom is -0.494 e. The lowest BCUT2D eigenvalue weighted by Crippen LogP contribution is -2.26. The van der Waals surface area contributed by atoms with Crippen LogP contribution in [0.4, 0.5) is 20.2 Å². The Hall–Kier alpha value is -4.00. The van der Waals surface area contributed by atoms with Crippen molar-refractivity contribution in [2.75, 3.05) is 17.2 Å². The van der Waals surface area contributed by atoms with E-state index in [9.17, 15) is 18.4 Å². The third-order valence-corrected chi connectivity index (χ3v) is 4.24. The van der Waals surface area contributed by atoms with Gasteiger partial charge in [0.1, 0.15) is 23.0 Å². The normalized spacial score (nSPS) is 10.2. The number of anilines is 2. The van der Waals surface area contributed by atoms with E-state index < -0.39 is 23.4 Å². The Morgan fingerprint density at radius 3 is 1.74 bits per heavy atom. The third kappa shape index (κ3) is 5.76. The molecule has 0 radical (unpaired) electrons. The number of hydrogen-bond donors (Lipinski definition) is 2. The van der Waals surface area contributed by atoms with Crippen molar-refractivity contribution in [3.8, 4) is 5.75 Å². The minimum atomic E-state index is -0.840. The molecule has 0 bridgehead atoms. The van der Waals surface area contributed by atoms with Crippen molar-refractivity contribution in [1.82, 2.24) is 0 Å². The third-order valence-electron chi connectivity index (χ3n) is 4.24. The number of carbonyl (C=O) groups is 2. The first-order chi connectivity index (χ1) is 15.0. The van der Waals surface area contributed by atoms with Gasteiger partial charge in [-0.05, 0) is 55.0 Å². The van der Waals surface area contributed by atoms with E-state index >= 15 is 0 Å². The van der Waals surface area contributed by atoms with Gasteiger partial charge in [-0.3, -0.25) is 9.59 Å². The van der Waals surface area contributed by atoms with Gasteiger partial charge in [-0.1, -0.05) is 36.4 Å². The number of carbonyl (C=O) groups excluding carboxylic acids is 2. The van der Waals surface area contributed by atoms with E-state index in [0.717, 1.165) is 0 Å². The number of ether oxygens (including phenoxy) is 1. The van der Waals surface area contributed by atoms with Crippen LogP contribution in [0.1, 0.15) is 12.5 Å². The summed E-state index contributed by atoms with van der Waals surface area (Å²) in [5, 5.41) is 4.76. The molecule has 3 aromatic rings. The molecule has 0 fully saturated rings. The second-order valence-corrected chi connectivity index (χ2v) is 6.43. The number of rotatable bonds is 7. The summed E-state index contributed by atoms with van der Waals surface area (Å²) in [4.78, 5) is 25.7. The zero-order valence-corrected chi connectivity index (χ0v) is 16.7. The van der Waals surface area contributed by atoms with E-state index in [1.54, 1.807) is 36.4 Å². The second-order valence-electron chi connectivity index (χ2n) is 6.43. The van der Waals surface area contributed by atoms with Crippen LogP contribution >= 0.6 is 0 Å². The van der Waals surface area contributed by atoms with Gasteiger partial charge in [0, 0.05) is 0 Å². The van der Waals surface area contributed by atoms with Crippen LogP contribution in [0.5, 0.6) is 5.75 Å². The average molecular weight is 422 g/mol. The van der Waals surface area contributed by atoms with Crippen molar-refractivity contribution in [2.24, 2.45) is 0 Å². The number of nitrogens with one attached hydrogen (secondary N) is 2.